The number of fused-ring (bicyclic) bond motifs is 3. The maximum atomic E-state index is 13.0. The molecule has 1 aromatic rings. The summed E-state index contributed by atoms with van der Waals surface area (Å²) in [5, 5.41) is 32.5. The Morgan fingerprint density at radius 3 is 2.57 bits per heavy atom. The average Bonchev–Trinajstić information content (AvgIpc) is 3.38. The third-order valence-corrected chi connectivity index (χ3v) is 8.10. The number of carbonyl (C=O) groups excluding carboxylic acids is 1. The molecule has 2 aliphatic heterocycles. The molecule has 9 heteroatoms. The molecule has 0 saturated carbocycles. The first-order chi connectivity index (χ1) is 17.3. The Labute approximate surface area is 216 Å². The number of allylic oxidation sites excluding steroid dienone is 3. The van der Waals surface area contributed by atoms with Crippen LogP contribution >= 0.6 is 0 Å². The van der Waals surface area contributed by atoms with Crippen LogP contribution in [-0.4, -0.2) is 55.3 Å². The van der Waals surface area contributed by atoms with Gasteiger partial charge in [-0.1, -0.05) is 32.9 Å². The molecule has 1 aliphatic carbocycles. The molecule has 1 aromatic heterocycles. The number of aryl methyl sites for hydroxylation is 1. The molecule has 1 unspecified atom stereocenters. The Hall–Kier alpha value is -3.17. The highest BCUT2D eigenvalue weighted by Gasteiger charge is 2.54. The second-order valence-corrected chi connectivity index (χ2v) is 11.0. The Morgan fingerprint density at radius 1 is 1.30 bits per heavy atom. The number of nitrogens with zero attached hydrogens (tertiary/aromatic N) is 2. The lowest BCUT2D eigenvalue weighted by Gasteiger charge is -2.43. The fraction of sp³-hybridized carbons (Fsp3) is 0.536. The number of carboxylic acid groups (broad SMARTS) is 1. The van der Waals surface area contributed by atoms with E-state index in [4.69, 9.17) is 9.47 Å². The maximum Gasteiger partial charge on any atom is 0.339 e. The fourth-order valence-electron chi connectivity index (χ4n) is 6.34. The number of hydrogen-bond acceptors (Lipinski definition) is 7. The smallest absolute Gasteiger partial charge is 0.339 e. The van der Waals surface area contributed by atoms with Crippen LogP contribution in [-0.2, 0) is 26.1 Å². The summed E-state index contributed by atoms with van der Waals surface area (Å²) < 4.78 is 13.1. The minimum absolute atomic E-state index is 0.0225. The molecule has 7 atom stereocenters. The van der Waals surface area contributed by atoms with Crippen LogP contribution in [0.3, 0.4) is 0 Å². The Balaban J connectivity index is 1.98. The lowest BCUT2D eigenvalue weighted by atomic mass is 9.61. The van der Waals surface area contributed by atoms with Crippen molar-refractivity contribution in [2.24, 2.45) is 42.6 Å². The summed E-state index contributed by atoms with van der Waals surface area (Å²) in [7, 11) is 3.05. The number of hydrogen-bond donors (Lipinski definition) is 3. The van der Waals surface area contributed by atoms with Crippen molar-refractivity contribution in [3.05, 3.63) is 59.9 Å². The van der Waals surface area contributed by atoms with Crippen molar-refractivity contribution in [3.8, 4) is 0 Å². The normalized spacial score (nSPS) is 37.1. The molecule has 3 N–H and O–H groups in total. The molecule has 0 amide bonds. The van der Waals surface area contributed by atoms with E-state index in [0.29, 0.717) is 17.7 Å². The lowest BCUT2D eigenvalue weighted by molar-refractivity contribution is -0.193. The maximum absolute atomic E-state index is 13.0. The van der Waals surface area contributed by atoms with Gasteiger partial charge in [-0.05, 0) is 54.7 Å². The molecule has 0 aromatic carbocycles. The second kappa shape index (κ2) is 9.61. The van der Waals surface area contributed by atoms with Gasteiger partial charge in [0.25, 0.3) is 0 Å². The summed E-state index contributed by atoms with van der Waals surface area (Å²) in [5.74, 6) is -5.13. The second-order valence-electron chi connectivity index (χ2n) is 11.0. The molecule has 4 rings (SSSR count). The number of ether oxygens (including phenoxy) is 2. The number of aliphatic hydroxyl groups excluding tert-OH is 1. The van der Waals surface area contributed by atoms with E-state index in [1.54, 1.807) is 43.2 Å². The SMILES string of the molecule is COC(=O)/C1=C/[C@@H]2[C@@H](C[C@H](/C(=C\C(=O)O)c3cn(C)cn3)[C@@]3(C)C=C[C@]1(O)O3)C(C)C=C(O)[C@H]2C(C)C. The summed E-state index contributed by atoms with van der Waals surface area (Å²) in [5.41, 5.74) is -0.286. The summed E-state index contributed by atoms with van der Waals surface area (Å²) in [6, 6.07) is 0. The molecular formula is C28H36N2O7. The first-order valence-corrected chi connectivity index (χ1v) is 12.6. The molecule has 37 heavy (non-hydrogen) atoms. The zero-order valence-corrected chi connectivity index (χ0v) is 22.1. The van der Waals surface area contributed by atoms with Gasteiger partial charge in [0.15, 0.2) is 0 Å². The number of imidazole rings is 1. The van der Waals surface area contributed by atoms with Gasteiger partial charge in [0.05, 0.1) is 36.1 Å². The number of methoxy groups -OCH3 is 1. The van der Waals surface area contributed by atoms with Gasteiger partial charge in [-0.2, -0.15) is 0 Å². The topological polar surface area (TPSA) is 131 Å². The summed E-state index contributed by atoms with van der Waals surface area (Å²) in [4.78, 5) is 29.4. The summed E-state index contributed by atoms with van der Waals surface area (Å²) in [6.45, 7) is 7.78. The van der Waals surface area contributed by atoms with Crippen LogP contribution in [0.2, 0.25) is 0 Å². The first-order valence-electron chi connectivity index (χ1n) is 12.6. The zero-order chi connectivity index (χ0) is 27.3. The molecule has 200 valence electrons. The number of rotatable bonds is 5. The third kappa shape index (κ3) is 4.78. The third-order valence-electron chi connectivity index (χ3n) is 8.10. The fourth-order valence-corrected chi connectivity index (χ4v) is 6.34. The average molecular weight is 513 g/mol. The van der Waals surface area contributed by atoms with E-state index >= 15 is 0 Å². The largest absolute Gasteiger partial charge is 0.512 e. The van der Waals surface area contributed by atoms with Crippen molar-refractivity contribution in [1.82, 2.24) is 9.55 Å². The minimum Gasteiger partial charge on any atom is -0.512 e. The lowest BCUT2D eigenvalue weighted by Crippen LogP contribution is -2.43. The van der Waals surface area contributed by atoms with Crippen molar-refractivity contribution in [1.29, 1.82) is 0 Å². The van der Waals surface area contributed by atoms with E-state index in [1.165, 1.54) is 13.2 Å². The van der Waals surface area contributed by atoms with Gasteiger partial charge in [-0.25, -0.2) is 14.6 Å². The van der Waals surface area contributed by atoms with Crippen molar-refractivity contribution < 1.29 is 34.4 Å². The highest BCUT2D eigenvalue weighted by atomic mass is 16.6. The monoisotopic (exact) mass is 512 g/mol. The van der Waals surface area contributed by atoms with E-state index in [-0.39, 0.29) is 40.9 Å². The molecule has 3 heterocycles. The number of carbonyl (C=O) groups is 2. The van der Waals surface area contributed by atoms with Crippen LogP contribution < -0.4 is 0 Å². The Morgan fingerprint density at radius 2 is 2.00 bits per heavy atom. The number of aliphatic hydroxyl groups is 2. The van der Waals surface area contributed by atoms with Crippen LogP contribution in [0.4, 0.5) is 0 Å². The van der Waals surface area contributed by atoms with Crippen LogP contribution in [0.1, 0.15) is 39.8 Å². The van der Waals surface area contributed by atoms with Gasteiger partial charge in [0.1, 0.15) is 0 Å². The molecular weight excluding hydrogens is 476 g/mol. The van der Waals surface area contributed by atoms with Gasteiger partial charge in [0.2, 0.25) is 5.79 Å². The molecule has 0 saturated heterocycles. The van der Waals surface area contributed by atoms with E-state index in [0.717, 1.165) is 6.08 Å². The minimum atomic E-state index is -2.09. The van der Waals surface area contributed by atoms with Gasteiger partial charge in [-0.3, -0.25) is 0 Å². The first kappa shape index (κ1) is 26.9. The molecule has 2 bridgehead atoms. The van der Waals surface area contributed by atoms with Gasteiger partial charge in [-0.15, -0.1) is 0 Å². The molecule has 0 fully saturated rings. The van der Waals surface area contributed by atoms with E-state index in [2.05, 4.69) is 4.98 Å². The number of aromatic nitrogens is 2. The van der Waals surface area contributed by atoms with Crippen LogP contribution in [0.25, 0.3) is 5.57 Å². The predicted octanol–water partition coefficient (Wildman–Crippen LogP) is 3.64. The van der Waals surface area contributed by atoms with Crippen LogP contribution in [0, 0.1) is 35.5 Å². The van der Waals surface area contributed by atoms with E-state index in [9.17, 15) is 24.9 Å². The highest BCUT2D eigenvalue weighted by molar-refractivity contribution is 5.92. The Kier molecular flexibility index (Phi) is 6.98. The summed E-state index contributed by atoms with van der Waals surface area (Å²) in [6.07, 6.45) is 11.6. The van der Waals surface area contributed by atoms with E-state index < -0.39 is 29.2 Å². The van der Waals surface area contributed by atoms with Crippen molar-refractivity contribution in [3.63, 3.8) is 0 Å². The van der Waals surface area contributed by atoms with Crippen molar-refractivity contribution in [2.45, 2.75) is 45.5 Å². The Bertz CT molecular complexity index is 1210. The molecule has 0 radical (unpaired) electrons. The number of esters is 1. The summed E-state index contributed by atoms with van der Waals surface area (Å²) >= 11 is 0. The zero-order valence-electron chi connectivity index (χ0n) is 22.1. The number of aliphatic carboxylic acids is 1. The van der Waals surface area contributed by atoms with Crippen LogP contribution in [0.5, 0.6) is 0 Å². The molecule has 0 spiro atoms. The quantitative estimate of drug-likeness (QED) is 0.310. The molecule has 3 aliphatic rings. The van der Waals surface area contributed by atoms with Crippen LogP contribution in [0.15, 0.2) is 54.2 Å². The van der Waals surface area contributed by atoms with Crippen molar-refractivity contribution >= 4 is 17.5 Å². The van der Waals surface area contributed by atoms with Gasteiger partial charge < -0.3 is 29.4 Å². The standard InChI is InChI=1S/C28H36N2O7/c1-15(2)25-18-11-21(26(34)36-6)28(35)8-7-27(4,37-28)20(10-17(18)16(3)9-23(25)31)19(12-24(32)33)22-13-30(5)14-29-22/h7-9,11-18,20,25,31,35H,10H2,1-6H3,(H,32,33)/b19-12+,21-11-/t16?,17-,18+,20+,25-,27+,28-/m0/s1. The van der Waals surface area contributed by atoms with Gasteiger partial charge in [0, 0.05) is 31.2 Å². The molecule has 9 nitrogen and oxygen atoms in total. The van der Waals surface area contributed by atoms with Crippen molar-refractivity contribution in [2.75, 3.05) is 7.11 Å². The van der Waals surface area contributed by atoms with E-state index in [1.807, 2.05) is 26.8 Å². The predicted molar refractivity (Wildman–Crippen MR) is 136 cm³/mol. The number of carboxylic acids is 1. The van der Waals surface area contributed by atoms with Gasteiger partial charge >= 0.3 is 11.9 Å². The highest BCUT2D eigenvalue weighted by Crippen LogP contribution is 2.53.